The van der Waals surface area contributed by atoms with Crippen LogP contribution in [0.1, 0.15) is 40.5 Å². The van der Waals surface area contributed by atoms with Crippen molar-refractivity contribution in [2.45, 2.75) is 51.8 Å². The molecule has 1 fully saturated rings. The Labute approximate surface area is 99.8 Å². The average molecular weight is 229 g/mol. The Morgan fingerprint density at radius 1 is 1.27 bits per heavy atom. The summed E-state index contributed by atoms with van der Waals surface area (Å²) in [5.41, 5.74) is 0. The highest BCUT2D eigenvalue weighted by atomic mass is 32.2. The van der Waals surface area contributed by atoms with Crippen LogP contribution in [0.15, 0.2) is 0 Å². The molecule has 0 amide bonds. The van der Waals surface area contributed by atoms with Gasteiger partial charge in [-0.1, -0.05) is 27.7 Å². The van der Waals surface area contributed by atoms with Gasteiger partial charge in [0.25, 0.3) is 0 Å². The second kappa shape index (κ2) is 6.15. The molecule has 1 saturated carbocycles. The van der Waals surface area contributed by atoms with Gasteiger partial charge in [-0.15, -0.1) is 0 Å². The highest BCUT2D eigenvalue weighted by molar-refractivity contribution is 8.00. The van der Waals surface area contributed by atoms with Gasteiger partial charge in [0.1, 0.15) is 0 Å². The molecule has 0 spiro atoms. The number of thioether (sulfide) groups is 1. The zero-order valence-electron chi connectivity index (χ0n) is 10.9. The SMILES string of the molecule is CNC1CC(C)CC(C)C1SCC(C)C. The minimum Gasteiger partial charge on any atom is -0.316 e. The van der Waals surface area contributed by atoms with Gasteiger partial charge in [-0.05, 0) is 43.4 Å². The Hall–Kier alpha value is 0.310. The zero-order valence-corrected chi connectivity index (χ0v) is 11.7. The van der Waals surface area contributed by atoms with Crippen LogP contribution in [0.25, 0.3) is 0 Å². The molecule has 0 heterocycles. The van der Waals surface area contributed by atoms with E-state index in [2.05, 4.69) is 51.8 Å². The minimum absolute atomic E-state index is 0.729. The van der Waals surface area contributed by atoms with Crippen LogP contribution in [0.2, 0.25) is 0 Å². The molecule has 0 radical (unpaired) electrons. The first-order valence-corrected chi connectivity index (χ1v) is 7.38. The van der Waals surface area contributed by atoms with E-state index >= 15 is 0 Å². The molecule has 1 aliphatic carbocycles. The van der Waals surface area contributed by atoms with Crippen molar-refractivity contribution < 1.29 is 0 Å². The predicted molar refractivity (Wildman–Crippen MR) is 71.5 cm³/mol. The van der Waals surface area contributed by atoms with Gasteiger partial charge >= 0.3 is 0 Å². The molecule has 0 aromatic heterocycles. The molecule has 90 valence electrons. The second-order valence-electron chi connectivity index (χ2n) is 5.64. The molecule has 2 heteroatoms. The lowest BCUT2D eigenvalue weighted by Crippen LogP contribution is -2.45. The van der Waals surface area contributed by atoms with E-state index in [9.17, 15) is 0 Å². The van der Waals surface area contributed by atoms with E-state index in [0.717, 1.165) is 29.0 Å². The van der Waals surface area contributed by atoms with Gasteiger partial charge in [0, 0.05) is 11.3 Å². The van der Waals surface area contributed by atoms with E-state index in [0.29, 0.717) is 0 Å². The molecular formula is C13H27NS. The fourth-order valence-corrected chi connectivity index (χ4v) is 4.22. The van der Waals surface area contributed by atoms with E-state index in [-0.39, 0.29) is 0 Å². The molecule has 4 atom stereocenters. The third-order valence-electron chi connectivity index (χ3n) is 3.38. The van der Waals surface area contributed by atoms with Crippen molar-refractivity contribution >= 4 is 11.8 Å². The summed E-state index contributed by atoms with van der Waals surface area (Å²) in [4.78, 5) is 0. The van der Waals surface area contributed by atoms with Crippen molar-refractivity contribution in [3.63, 3.8) is 0 Å². The van der Waals surface area contributed by atoms with Crippen LogP contribution in [0.5, 0.6) is 0 Å². The van der Waals surface area contributed by atoms with Crippen molar-refractivity contribution in [2.24, 2.45) is 17.8 Å². The van der Waals surface area contributed by atoms with Crippen LogP contribution >= 0.6 is 11.8 Å². The highest BCUT2D eigenvalue weighted by Gasteiger charge is 2.33. The molecule has 1 aliphatic rings. The van der Waals surface area contributed by atoms with Crippen molar-refractivity contribution in [3.05, 3.63) is 0 Å². The molecule has 0 saturated heterocycles. The Kier molecular flexibility index (Phi) is 5.48. The lowest BCUT2D eigenvalue weighted by atomic mass is 9.80. The van der Waals surface area contributed by atoms with Gasteiger partial charge in [0.05, 0.1) is 0 Å². The molecule has 1 N–H and O–H groups in total. The van der Waals surface area contributed by atoms with Crippen molar-refractivity contribution in [1.82, 2.24) is 5.32 Å². The van der Waals surface area contributed by atoms with Crippen LogP contribution in [0.4, 0.5) is 0 Å². The molecule has 15 heavy (non-hydrogen) atoms. The van der Waals surface area contributed by atoms with E-state index in [1.54, 1.807) is 0 Å². The summed E-state index contributed by atoms with van der Waals surface area (Å²) in [6.45, 7) is 9.46. The molecule has 0 aromatic carbocycles. The second-order valence-corrected chi connectivity index (χ2v) is 6.85. The van der Waals surface area contributed by atoms with E-state index < -0.39 is 0 Å². The molecule has 0 bridgehead atoms. The lowest BCUT2D eigenvalue weighted by Gasteiger charge is -2.39. The Morgan fingerprint density at radius 3 is 2.47 bits per heavy atom. The van der Waals surface area contributed by atoms with Crippen LogP contribution in [0, 0.1) is 17.8 Å². The summed E-state index contributed by atoms with van der Waals surface area (Å²) in [6, 6.07) is 0.729. The van der Waals surface area contributed by atoms with Crippen molar-refractivity contribution in [3.8, 4) is 0 Å². The number of rotatable bonds is 4. The molecule has 4 unspecified atom stereocenters. The van der Waals surface area contributed by atoms with Gasteiger partial charge < -0.3 is 5.32 Å². The fraction of sp³-hybridized carbons (Fsp3) is 1.00. The standard InChI is InChI=1S/C13H27NS/c1-9(2)8-15-13-11(4)6-10(3)7-12(13)14-5/h9-14H,6-8H2,1-5H3. The highest BCUT2D eigenvalue weighted by Crippen LogP contribution is 2.36. The molecular weight excluding hydrogens is 202 g/mol. The smallest absolute Gasteiger partial charge is 0.0226 e. The van der Waals surface area contributed by atoms with Crippen molar-refractivity contribution in [1.29, 1.82) is 0 Å². The quantitative estimate of drug-likeness (QED) is 0.793. The maximum absolute atomic E-state index is 3.52. The predicted octanol–water partition coefficient (Wildman–Crippen LogP) is 3.40. The van der Waals surface area contributed by atoms with Gasteiger partial charge in [-0.25, -0.2) is 0 Å². The minimum atomic E-state index is 0.729. The normalized spacial score (nSPS) is 37.2. The monoisotopic (exact) mass is 229 g/mol. The fourth-order valence-electron chi connectivity index (χ4n) is 2.70. The van der Waals surface area contributed by atoms with Crippen LogP contribution < -0.4 is 5.32 Å². The Bertz CT molecular complexity index is 181. The maximum Gasteiger partial charge on any atom is 0.0226 e. The summed E-state index contributed by atoms with van der Waals surface area (Å²) >= 11 is 2.19. The number of hydrogen-bond acceptors (Lipinski definition) is 2. The largest absolute Gasteiger partial charge is 0.316 e. The third kappa shape index (κ3) is 3.99. The Morgan fingerprint density at radius 2 is 1.93 bits per heavy atom. The summed E-state index contributed by atoms with van der Waals surface area (Å²) in [5.74, 6) is 3.89. The first-order valence-electron chi connectivity index (χ1n) is 6.33. The number of hydrogen-bond donors (Lipinski definition) is 1. The summed E-state index contributed by atoms with van der Waals surface area (Å²) in [5, 5.41) is 4.35. The molecule has 1 nitrogen and oxygen atoms in total. The first-order chi connectivity index (χ1) is 7.04. The number of nitrogens with one attached hydrogen (secondary N) is 1. The molecule has 0 aromatic rings. The lowest BCUT2D eigenvalue weighted by molar-refractivity contribution is 0.257. The van der Waals surface area contributed by atoms with E-state index in [4.69, 9.17) is 0 Å². The topological polar surface area (TPSA) is 12.0 Å². The maximum atomic E-state index is 3.52. The van der Waals surface area contributed by atoms with E-state index in [1.807, 2.05) is 0 Å². The summed E-state index contributed by atoms with van der Waals surface area (Å²) in [7, 11) is 2.12. The van der Waals surface area contributed by atoms with E-state index in [1.165, 1.54) is 18.6 Å². The van der Waals surface area contributed by atoms with Crippen LogP contribution in [-0.2, 0) is 0 Å². The van der Waals surface area contributed by atoms with Gasteiger partial charge in [-0.2, -0.15) is 11.8 Å². The van der Waals surface area contributed by atoms with Gasteiger partial charge in [0.15, 0.2) is 0 Å². The summed E-state index contributed by atoms with van der Waals surface area (Å²) < 4.78 is 0. The van der Waals surface area contributed by atoms with Gasteiger partial charge in [0.2, 0.25) is 0 Å². The van der Waals surface area contributed by atoms with Crippen LogP contribution in [-0.4, -0.2) is 24.1 Å². The van der Waals surface area contributed by atoms with Gasteiger partial charge in [-0.3, -0.25) is 0 Å². The molecule has 1 rings (SSSR count). The first kappa shape index (κ1) is 13.4. The zero-order chi connectivity index (χ0) is 11.4. The summed E-state index contributed by atoms with van der Waals surface area (Å²) in [6.07, 6.45) is 2.77. The van der Waals surface area contributed by atoms with Crippen LogP contribution in [0.3, 0.4) is 0 Å². The third-order valence-corrected chi connectivity index (χ3v) is 5.42. The van der Waals surface area contributed by atoms with Crippen molar-refractivity contribution in [2.75, 3.05) is 12.8 Å². The molecule has 0 aliphatic heterocycles. The average Bonchev–Trinajstić information content (AvgIpc) is 2.14. The Balaban J connectivity index is 2.50.